The van der Waals surface area contributed by atoms with E-state index in [9.17, 15) is 0 Å². The minimum Gasteiger partial charge on any atom is -0.309 e. The van der Waals surface area contributed by atoms with Crippen LogP contribution in [0, 0.1) is 0 Å². The predicted octanol–water partition coefficient (Wildman–Crippen LogP) is 25.4. The number of hydrogen-bond donors (Lipinski definition) is 0. The molecule has 450 valence electrons. The van der Waals surface area contributed by atoms with Crippen LogP contribution < -0.4 is 9.80 Å². The van der Waals surface area contributed by atoms with E-state index in [0.717, 1.165) is 84.0 Å². The number of unbranched alkanes of at least 4 members (excludes halogenated alkanes) is 2. The van der Waals surface area contributed by atoms with Gasteiger partial charge in [0, 0.05) is 77.2 Å². The second kappa shape index (κ2) is 24.1. The Morgan fingerprint density at radius 2 is 0.598 bits per heavy atom. The van der Waals surface area contributed by atoms with Crippen molar-refractivity contribution in [2.45, 2.75) is 90.9 Å². The summed E-state index contributed by atoms with van der Waals surface area (Å²) in [5, 5.41) is 9.68. The van der Waals surface area contributed by atoms with Crippen molar-refractivity contribution in [3.05, 3.63) is 302 Å². The van der Waals surface area contributed by atoms with E-state index in [1.165, 1.54) is 98.5 Å². The Morgan fingerprint density at radius 3 is 0.946 bits per heavy atom. The molecule has 0 fully saturated rings. The van der Waals surface area contributed by atoms with Gasteiger partial charge in [-0.25, -0.2) is 0 Å². The van der Waals surface area contributed by atoms with Gasteiger partial charge < -0.3 is 18.9 Å². The highest BCUT2D eigenvalue weighted by atomic mass is 15.2. The summed E-state index contributed by atoms with van der Waals surface area (Å²) in [6.07, 6.45) is 6.69. The van der Waals surface area contributed by atoms with Crippen LogP contribution in [0.1, 0.15) is 91.2 Å². The minimum atomic E-state index is -0.119. The van der Waals surface area contributed by atoms with E-state index in [1.807, 2.05) is 0 Å². The molecule has 0 saturated heterocycles. The van der Waals surface area contributed by atoms with E-state index in [1.54, 1.807) is 0 Å². The molecule has 0 N–H and O–H groups in total. The first-order chi connectivity index (χ1) is 45.1. The molecule has 0 unspecified atom stereocenters. The molecule has 2 heterocycles. The summed E-state index contributed by atoms with van der Waals surface area (Å²) in [4.78, 5) is 5.18. The first-order valence-electron chi connectivity index (χ1n) is 33.2. The monoisotopic (exact) mass is 1190 g/mol. The average molecular weight is 1190 g/mol. The number of hydrogen-bond acceptors (Lipinski definition) is 2. The zero-order valence-corrected chi connectivity index (χ0v) is 53.7. The Kier molecular flexibility index (Phi) is 15.2. The van der Waals surface area contributed by atoms with Crippen LogP contribution in [0.15, 0.2) is 291 Å². The van der Waals surface area contributed by atoms with Crippen LogP contribution in [0.2, 0.25) is 0 Å². The van der Waals surface area contributed by atoms with E-state index in [-0.39, 0.29) is 10.8 Å². The molecule has 4 heteroatoms. The number of nitrogens with zero attached hydrogens (tertiary/aromatic N) is 4. The van der Waals surface area contributed by atoms with Gasteiger partial charge in [-0.1, -0.05) is 261 Å². The standard InChI is InChI=1S/C88H78N4/c1-7-9-55-87(3,4)65-47-53-77-79(57-65)85(89(67-49-43-63(44-50-67)61-27-13-11-14-28-61)69-31-25-33-71(59-69)91-81-39-21-17-35-73(81)74-36-18-22-40-82(74)91)78-54-48-66(88(5,6)56-10-8-2)58-80(78)86(77)90(68-51-45-64(46-52-68)62-29-15-12-16-30-62)70-32-26-34-72(60-70)92-83-41-23-19-37-75(83)76-38-20-24-42-84(76)92/h11-54,57-60H,7-10,55-56H2,1-6H3. The van der Waals surface area contributed by atoms with Crippen molar-refractivity contribution in [2.24, 2.45) is 0 Å². The zero-order valence-electron chi connectivity index (χ0n) is 53.7. The van der Waals surface area contributed by atoms with E-state index in [4.69, 9.17) is 0 Å². The molecule has 2 aromatic heterocycles. The smallest absolute Gasteiger partial charge is 0.0620 e. The van der Waals surface area contributed by atoms with E-state index in [2.05, 4.69) is 352 Å². The van der Waals surface area contributed by atoms with Gasteiger partial charge in [-0.2, -0.15) is 0 Å². The lowest BCUT2D eigenvalue weighted by Gasteiger charge is -2.35. The highest BCUT2D eigenvalue weighted by Gasteiger charge is 2.31. The Bertz CT molecular complexity index is 4750. The highest BCUT2D eigenvalue weighted by Crippen LogP contribution is 2.54. The van der Waals surface area contributed by atoms with Crippen molar-refractivity contribution in [1.29, 1.82) is 0 Å². The van der Waals surface area contributed by atoms with Gasteiger partial charge in [0.15, 0.2) is 0 Å². The van der Waals surface area contributed by atoms with Gasteiger partial charge >= 0.3 is 0 Å². The van der Waals surface area contributed by atoms with Crippen LogP contribution in [-0.4, -0.2) is 9.13 Å². The number of benzene rings is 13. The van der Waals surface area contributed by atoms with Crippen LogP contribution in [0.25, 0.3) is 98.8 Å². The third kappa shape index (κ3) is 10.4. The fourth-order valence-corrected chi connectivity index (χ4v) is 14.7. The third-order valence-corrected chi connectivity index (χ3v) is 19.7. The summed E-state index contributed by atoms with van der Waals surface area (Å²) in [5.74, 6) is 0. The van der Waals surface area contributed by atoms with Crippen molar-refractivity contribution < 1.29 is 0 Å². The summed E-state index contributed by atoms with van der Waals surface area (Å²) in [6.45, 7) is 14.4. The molecule has 0 atom stereocenters. The maximum Gasteiger partial charge on any atom is 0.0620 e. The van der Waals surface area contributed by atoms with Gasteiger partial charge in [0.1, 0.15) is 0 Å². The minimum absolute atomic E-state index is 0.119. The molecule has 15 rings (SSSR count). The molecular formula is C88H78N4. The molecule has 4 nitrogen and oxygen atoms in total. The average Bonchev–Trinajstić information content (AvgIpc) is 0.966. The van der Waals surface area contributed by atoms with Crippen LogP contribution >= 0.6 is 0 Å². The van der Waals surface area contributed by atoms with Crippen molar-refractivity contribution >= 4 is 99.3 Å². The molecule has 0 spiro atoms. The molecule has 0 aliphatic rings. The molecule has 0 aliphatic carbocycles. The van der Waals surface area contributed by atoms with Crippen LogP contribution in [-0.2, 0) is 10.8 Å². The van der Waals surface area contributed by atoms with Crippen molar-refractivity contribution in [3.8, 4) is 33.6 Å². The zero-order chi connectivity index (χ0) is 62.5. The van der Waals surface area contributed by atoms with Gasteiger partial charge in [-0.05, 0) is 154 Å². The van der Waals surface area contributed by atoms with E-state index in [0.29, 0.717) is 0 Å². The molecule has 13 aromatic carbocycles. The van der Waals surface area contributed by atoms with Crippen molar-refractivity contribution in [1.82, 2.24) is 9.13 Å². The Hall–Kier alpha value is -10.4. The Morgan fingerprint density at radius 1 is 0.272 bits per heavy atom. The van der Waals surface area contributed by atoms with Gasteiger partial charge in [-0.15, -0.1) is 0 Å². The van der Waals surface area contributed by atoms with Gasteiger partial charge in [0.25, 0.3) is 0 Å². The maximum atomic E-state index is 2.59. The summed E-state index contributed by atoms with van der Waals surface area (Å²) < 4.78 is 4.91. The molecule has 0 saturated carbocycles. The lowest BCUT2D eigenvalue weighted by molar-refractivity contribution is 0.458. The van der Waals surface area contributed by atoms with E-state index < -0.39 is 0 Å². The summed E-state index contributed by atoms with van der Waals surface area (Å²) >= 11 is 0. The largest absolute Gasteiger partial charge is 0.309 e. The molecule has 15 aromatic rings. The fourth-order valence-electron chi connectivity index (χ4n) is 14.7. The molecular weight excluding hydrogens is 1110 g/mol. The molecule has 0 bridgehead atoms. The Balaban J connectivity index is 1.07. The van der Waals surface area contributed by atoms with Crippen LogP contribution in [0.4, 0.5) is 34.1 Å². The number of fused-ring (bicyclic) bond motifs is 8. The SMILES string of the molecule is CCCCC(C)(C)c1ccc2c(N(c3ccc(-c4ccccc4)cc3)c3cccc(-n4c5ccccc5c5ccccc54)c3)c3cc(C(C)(C)CCCC)ccc3c(N(c3ccc(-c4ccccc4)cc3)c3cccc(-n4c5ccccc5c5ccccc54)c3)c2c1. The number of anilines is 6. The third-order valence-electron chi connectivity index (χ3n) is 19.7. The normalized spacial score (nSPS) is 12.1. The number of para-hydroxylation sites is 4. The number of aromatic nitrogens is 2. The van der Waals surface area contributed by atoms with Crippen LogP contribution in [0.3, 0.4) is 0 Å². The maximum absolute atomic E-state index is 2.59. The van der Waals surface area contributed by atoms with Gasteiger partial charge in [0.2, 0.25) is 0 Å². The van der Waals surface area contributed by atoms with Gasteiger partial charge in [-0.3, -0.25) is 0 Å². The fraction of sp³-hybridized carbons (Fsp3) is 0.159. The first-order valence-corrected chi connectivity index (χ1v) is 33.2. The first kappa shape index (κ1) is 58.0. The second-order valence-corrected chi connectivity index (χ2v) is 26.5. The predicted molar refractivity (Wildman–Crippen MR) is 395 cm³/mol. The summed E-state index contributed by atoms with van der Waals surface area (Å²) in [7, 11) is 0. The van der Waals surface area contributed by atoms with Crippen LogP contribution in [0.5, 0.6) is 0 Å². The van der Waals surface area contributed by atoms with Gasteiger partial charge in [0.05, 0.1) is 33.4 Å². The van der Waals surface area contributed by atoms with E-state index >= 15 is 0 Å². The lowest BCUT2D eigenvalue weighted by atomic mass is 9.78. The Labute approximate surface area is 541 Å². The molecule has 0 aliphatic heterocycles. The summed E-state index contributed by atoms with van der Waals surface area (Å²) in [5.41, 5.74) is 20.7. The number of rotatable bonds is 18. The lowest BCUT2D eigenvalue weighted by Crippen LogP contribution is -2.19. The summed E-state index contributed by atoms with van der Waals surface area (Å²) in [6, 6.07) is 109. The van der Waals surface area contributed by atoms with Crippen molar-refractivity contribution in [2.75, 3.05) is 9.80 Å². The second-order valence-electron chi connectivity index (χ2n) is 26.5. The molecule has 92 heavy (non-hydrogen) atoms. The molecule has 0 radical (unpaired) electrons. The quantitative estimate of drug-likeness (QED) is 0.0629. The topological polar surface area (TPSA) is 16.3 Å². The van der Waals surface area contributed by atoms with Crippen molar-refractivity contribution in [3.63, 3.8) is 0 Å². The molecule has 0 amide bonds. The highest BCUT2D eigenvalue weighted by molar-refractivity contribution is 6.24.